The molecular formula is C14H16N4OS. The minimum absolute atomic E-state index is 0.574. The third-order valence-corrected chi connectivity index (χ3v) is 3.80. The first-order valence-corrected chi connectivity index (χ1v) is 7.47. The van der Waals surface area contributed by atoms with Crippen LogP contribution in [0.1, 0.15) is 11.8 Å². The molecule has 0 atom stereocenters. The Morgan fingerprint density at radius 2 is 2.40 bits per heavy atom. The van der Waals surface area contributed by atoms with Gasteiger partial charge in [0, 0.05) is 30.2 Å². The molecule has 0 saturated heterocycles. The molecule has 3 heterocycles. The van der Waals surface area contributed by atoms with E-state index in [2.05, 4.69) is 32.8 Å². The van der Waals surface area contributed by atoms with Crippen LogP contribution in [0.4, 0.5) is 5.82 Å². The van der Waals surface area contributed by atoms with Gasteiger partial charge in [0.2, 0.25) is 5.65 Å². The van der Waals surface area contributed by atoms with Crippen molar-refractivity contribution in [2.45, 2.75) is 13.3 Å². The Bertz CT molecular complexity index is 678. The van der Waals surface area contributed by atoms with Gasteiger partial charge < -0.3 is 10.1 Å². The van der Waals surface area contributed by atoms with Crippen molar-refractivity contribution in [1.29, 1.82) is 0 Å². The minimum atomic E-state index is 0.574. The van der Waals surface area contributed by atoms with Crippen LogP contribution in [-0.2, 0) is 6.42 Å². The molecule has 0 amide bonds. The molecule has 20 heavy (non-hydrogen) atoms. The Morgan fingerprint density at radius 1 is 1.45 bits per heavy atom. The number of fused-ring (bicyclic) bond motifs is 1. The fraction of sp³-hybridized carbons (Fsp3) is 0.286. The molecule has 5 nitrogen and oxygen atoms in total. The molecule has 0 fully saturated rings. The van der Waals surface area contributed by atoms with Crippen molar-refractivity contribution in [3.8, 4) is 5.88 Å². The lowest BCUT2D eigenvalue weighted by atomic mass is 10.4. The van der Waals surface area contributed by atoms with Gasteiger partial charge in [-0.15, -0.1) is 11.3 Å². The lowest BCUT2D eigenvalue weighted by Crippen LogP contribution is -2.07. The van der Waals surface area contributed by atoms with Crippen molar-refractivity contribution in [1.82, 2.24) is 14.4 Å². The summed E-state index contributed by atoms with van der Waals surface area (Å²) >= 11 is 1.74. The summed E-state index contributed by atoms with van der Waals surface area (Å²) < 4.78 is 7.73. The second kappa shape index (κ2) is 5.92. The maximum atomic E-state index is 5.81. The van der Waals surface area contributed by atoms with Gasteiger partial charge >= 0.3 is 0 Å². The third kappa shape index (κ3) is 2.75. The molecule has 6 heteroatoms. The zero-order valence-electron chi connectivity index (χ0n) is 11.2. The van der Waals surface area contributed by atoms with Crippen molar-refractivity contribution in [3.05, 3.63) is 41.0 Å². The van der Waals surface area contributed by atoms with Gasteiger partial charge in [0.05, 0.1) is 12.8 Å². The van der Waals surface area contributed by atoms with Crippen molar-refractivity contribution in [2.75, 3.05) is 18.5 Å². The van der Waals surface area contributed by atoms with Gasteiger partial charge in [0.1, 0.15) is 5.82 Å². The molecule has 1 N–H and O–H groups in total. The van der Waals surface area contributed by atoms with E-state index < -0.39 is 0 Å². The molecule has 0 aromatic carbocycles. The maximum Gasteiger partial charge on any atom is 0.260 e. The van der Waals surface area contributed by atoms with Gasteiger partial charge in [-0.1, -0.05) is 6.07 Å². The van der Waals surface area contributed by atoms with Crippen LogP contribution in [0.5, 0.6) is 5.88 Å². The molecule has 0 aliphatic rings. The maximum absolute atomic E-state index is 5.81. The van der Waals surface area contributed by atoms with Crippen LogP contribution in [0, 0.1) is 0 Å². The van der Waals surface area contributed by atoms with Crippen molar-refractivity contribution < 1.29 is 4.74 Å². The number of nitrogens with one attached hydrogen (secondary N) is 1. The topological polar surface area (TPSA) is 51.5 Å². The standard InChI is InChI=1S/C14H16N4OS/c1-2-15-12-10-18-7-6-16-13(18)14(17-12)19-8-5-11-4-3-9-20-11/h3-4,6-7,9-10,15H,2,5,8H2,1H3. The normalized spacial score (nSPS) is 10.8. The molecule has 3 aromatic rings. The Kier molecular flexibility index (Phi) is 3.83. The third-order valence-electron chi connectivity index (χ3n) is 2.87. The summed E-state index contributed by atoms with van der Waals surface area (Å²) in [7, 11) is 0. The van der Waals surface area contributed by atoms with Crippen molar-refractivity contribution in [2.24, 2.45) is 0 Å². The highest BCUT2D eigenvalue weighted by Crippen LogP contribution is 2.19. The van der Waals surface area contributed by atoms with Gasteiger partial charge in [0.15, 0.2) is 0 Å². The number of rotatable bonds is 6. The van der Waals surface area contributed by atoms with Crippen LogP contribution in [-0.4, -0.2) is 27.5 Å². The van der Waals surface area contributed by atoms with Crippen LogP contribution in [0.2, 0.25) is 0 Å². The molecule has 3 aromatic heterocycles. The first-order valence-electron chi connectivity index (χ1n) is 6.59. The molecule has 0 aliphatic carbocycles. The Morgan fingerprint density at radius 3 is 3.20 bits per heavy atom. The molecule has 104 valence electrons. The first-order chi connectivity index (χ1) is 9.86. The van der Waals surface area contributed by atoms with Gasteiger partial charge in [-0.3, -0.25) is 4.40 Å². The van der Waals surface area contributed by atoms with E-state index in [4.69, 9.17) is 4.74 Å². The molecule has 0 aliphatic heterocycles. The lowest BCUT2D eigenvalue weighted by Gasteiger charge is -2.09. The van der Waals surface area contributed by atoms with E-state index >= 15 is 0 Å². The van der Waals surface area contributed by atoms with Gasteiger partial charge in [-0.2, -0.15) is 4.98 Å². The summed E-state index contributed by atoms with van der Waals surface area (Å²) in [4.78, 5) is 10.1. The van der Waals surface area contributed by atoms with Crippen molar-refractivity contribution >= 4 is 22.8 Å². The summed E-state index contributed by atoms with van der Waals surface area (Å²) in [5, 5.41) is 5.27. The quantitative estimate of drug-likeness (QED) is 0.758. The number of hydrogen-bond donors (Lipinski definition) is 1. The molecule has 0 bridgehead atoms. The molecular weight excluding hydrogens is 272 g/mol. The van der Waals surface area contributed by atoms with E-state index in [1.54, 1.807) is 17.5 Å². The minimum Gasteiger partial charge on any atom is -0.475 e. The zero-order valence-corrected chi connectivity index (χ0v) is 12.1. The van der Waals surface area contributed by atoms with Gasteiger partial charge in [0.25, 0.3) is 5.88 Å². The molecule has 0 saturated carbocycles. The largest absolute Gasteiger partial charge is 0.475 e. The molecule has 0 spiro atoms. The number of imidazole rings is 1. The van der Waals surface area contributed by atoms with Gasteiger partial charge in [-0.05, 0) is 18.4 Å². The Balaban J connectivity index is 1.76. The summed E-state index contributed by atoms with van der Waals surface area (Å²) in [5.74, 6) is 1.37. The van der Waals surface area contributed by atoms with Crippen LogP contribution >= 0.6 is 11.3 Å². The van der Waals surface area contributed by atoms with E-state index in [-0.39, 0.29) is 0 Å². The van der Waals surface area contributed by atoms with E-state index in [0.29, 0.717) is 12.5 Å². The monoisotopic (exact) mass is 288 g/mol. The first kappa shape index (κ1) is 12.9. The number of anilines is 1. The van der Waals surface area contributed by atoms with E-state index in [9.17, 15) is 0 Å². The van der Waals surface area contributed by atoms with E-state index in [0.717, 1.165) is 24.4 Å². The summed E-state index contributed by atoms with van der Waals surface area (Å²) in [6, 6.07) is 4.17. The van der Waals surface area contributed by atoms with Crippen LogP contribution in [0.15, 0.2) is 36.1 Å². The summed E-state index contributed by atoms with van der Waals surface area (Å²) in [6.45, 7) is 3.46. The summed E-state index contributed by atoms with van der Waals surface area (Å²) in [6.07, 6.45) is 6.44. The number of nitrogens with zero attached hydrogens (tertiary/aromatic N) is 3. The highest BCUT2D eigenvalue weighted by molar-refractivity contribution is 7.09. The molecule has 3 rings (SSSR count). The Hall–Kier alpha value is -2.08. The van der Waals surface area contributed by atoms with Crippen LogP contribution in [0.25, 0.3) is 5.65 Å². The predicted octanol–water partition coefficient (Wildman–Crippen LogP) is 2.84. The second-order valence-corrected chi connectivity index (χ2v) is 5.33. The SMILES string of the molecule is CCNc1cn2ccnc2c(OCCc2cccs2)n1. The Labute approximate surface area is 121 Å². The van der Waals surface area contributed by atoms with E-state index in [1.165, 1.54) is 4.88 Å². The highest BCUT2D eigenvalue weighted by Gasteiger charge is 2.08. The highest BCUT2D eigenvalue weighted by atomic mass is 32.1. The molecule has 0 radical (unpaired) electrons. The van der Waals surface area contributed by atoms with Gasteiger partial charge in [-0.25, -0.2) is 4.98 Å². The predicted molar refractivity (Wildman–Crippen MR) is 80.7 cm³/mol. The number of aromatic nitrogens is 3. The summed E-state index contributed by atoms with van der Waals surface area (Å²) in [5.41, 5.74) is 0.748. The smallest absolute Gasteiger partial charge is 0.260 e. The number of thiophene rings is 1. The number of ether oxygens (including phenoxy) is 1. The van der Waals surface area contributed by atoms with E-state index in [1.807, 2.05) is 23.7 Å². The average molecular weight is 288 g/mol. The zero-order chi connectivity index (χ0) is 13.8. The average Bonchev–Trinajstić information content (AvgIpc) is 3.09. The van der Waals surface area contributed by atoms with Crippen molar-refractivity contribution in [3.63, 3.8) is 0 Å². The fourth-order valence-corrected chi connectivity index (χ4v) is 2.66. The lowest BCUT2D eigenvalue weighted by molar-refractivity contribution is 0.313. The number of hydrogen-bond acceptors (Lipinski definition) is 5. The van der Waals surface area contributed by atoms with Crippen LogP contribution < -0.4 is 10.1 Å². The molecule has 0 unspecified atom stereocenters. The van der Waals surface area contributed by atoms with Crippen LogP contribution in [0.3, 0.4) is 0 Å². The fourth-order valence-electron chi connectivity index (χ4n) is 1.97. The second-order valence-electron chi connectivity index (χ2n) is 4.30.